The lowest BCUT2D eigenvalue weighted by atomic mass is 10.0. The molecule has 2 heterocycles. The summed E-state index contributed by atoms with van der Waals surface area (Å²) in [5.74, 6) is 1.04. The number of nitrogens with one attached hydrogen (secondary N) is 1. The van der Waals surface area contributed by atoms with E-state index in [1.807, 2.05) is 6.92 Å². The molecule has 1 aromatic heterocycles. The monoisotopic (exact) mass is 274 g/mol. The van der Waals surface area contributed by atoms with E-state index in [1.165, 1.54) is 11.1 Å². The Morgan fingerprint density at radius 3 is 3.11 bits per heavy atom. The van der Waals surface area contributed by atoms with Crippen molar-refractivity contribution in [3.05, 3.63) is 45.4 Å². The lowest BCUT2D eigenvalue weighted by Gasteiger charge is -2.17. The number of ether oxygens (including phenoxy) is 1. The van der Waals surface area contributed by atoms with Crippen LogP contribution in [0.1, 0.15) is 34.8 Å². The van der Waals surface area contributed by atoms with Gasteiger partial charge in [-0.05, 0) is 30.7 Å². The van der Waals surface area contributed by atoms with Gasteiger partial charge in [0.2, 0.25) is 0 Å². The van der Waals surface area contributed by atoms with Gasteiger partial charge in [0.25, 0.3) is 0 Å². The first-order chi connectivity index (χ1) is 9.28. The molecule has 19 heavy (non-hydrogen) atoms. The minimum atomic E-state index is 0.181. The van der Waals surface area contributed by atoms with Crippen molar-refractivity contribution in [2.24, 2.45) is 0 Å². The molecule has 0 fully saturated rings. The van der Waals surface area contributed by atoms with Crippen LogP contribution in [0.3, 0.4) is 0 Å². The van der Waals surface area contributed by atoms with Gasteiger partial charge in [-0.15, -0.1) is 11.3 Å². The summed E-state index contributed by atoms with van der Waals surface area (Å²) < 4.78 is 5.57. The Balaban J connectivity index is 1.95. The van der Waals surface area contributed by atoms with Crippen LogP contribution in [-0.4, -0.2) is 18.1 Å². The van der Waals surface area contributed by atoms with Crippen LogP contribution < -0.4 is 10.1 Å². The molecule has 0 saturated carbocycles. The molecule has 3 rings (SSSR count). The Hall–Kier alpha value is -1.39. The highest BCUT2D eigenvalue weighted by Crippen LogP contribution is 2.30. The number of nitrogens with zero attached hydrogens (tertiary/aromatic N) is 1. The standard InChI is InChI=1S/C15H18N2OS/c1-3-16-15(13-9-19-10(2)17-13)12-4-5-14-11(8-12)6-7-18-14/h4-5,8-9,15-16H,3,6-7H2,1-2H3. The van der Waals surface area contributed by atoms with Crippen molar-refractivity contribution in [3.8, 4) is 5.75 Å². The molecule has 3 nitrogen and oxygen atoms in total. The third kappa shape index (κ3) is 2.51. The largest absolute Gasteiger partial charge is 0.493 e. The Morgan fingerprint density at radius 2 is 2.37 bits per heavy atom. The van der Waals surface area contributed by atoms with Gasteiger partial charge >= 0.3 is 0 Å². The maximum absolute atomic E-state index is 5.57. The average Bonchev–Trinajstić information content (AvgIpc) is 3.03. The first-order valence-electron chi connectivity index (χ1n) is 6.69. The lowest BCUT2D eigenvalue weighted by Crippen LogP contribution is -2.22. The second-order valence-electron chi connectivity index (χ2n) is 4.75. The summed E-state index contributed by atoms with van der Waals surface area (Å²) in [5.41, 5.74) is 3.70. The fourth-order valence-electron chi connectivity index (χ4n) is 2.50. The predicted octanol–water partition coefficient (Wildman–Crippen LogP) is 3.09. The molecule has 1 N–H and O–H groups in total. The van der Waals surface area contributed by atoms with Crippen LogP contribution in [0.2, 0.25) is 0 Å². The summed E-state index contributed by atoms with van der Waals surface area (Å²) in [4.78, 5) is 4.62. The Morgan fingerprint density at radius 1 is 1.47 bits per heavy atom. The Bertz CT molecular complexity index is 579. The fourth-order valence-corrected chi connectivity index (χ4v) is 3.13. The van der Waals surface area contributed by atoms with Crippen LogP contribution in [0.5, 0.6) is 5.75 Å². The maximum Gasteiger partial charge on any atom is 0.122 e. The summed E-state index contributed by atoms with van der Waals surface area (Å²) in [7, 11) is 0. The van der Waals surface area contributed by atoms with E-state index < -0.39 is 0 Å². The van der Waals surface area contributed by atoms with Gasteiger partial charge in [0.05, 0.1) is 23.4 Å². The van der Waals surface area contributed by atoms with Gasteiger partial charge in [0, 0.05) is 11.8 Å². The Kier molecular flexibility index (Phi) is 3.53. The van der Waals surface area contributed by atoms with Crippen LogP contribution >= 0.6 is 11.3 Å². The third-order valence-corrected chi connectivity index (χ3v) is 4.18. The Labute approximate surface area is 117 Å². The van der Waals surface area contributed by atoms with Crippen molar-refractivity contribution in [3.63, 3.8) is 0 Å². The molecule has 1 aliphatic rings. The summed E-state index contributed by atoms with van der Waals surface area (Å²) in [5, 5.41) is 6.78. The van der Waals surface area contributed by atoms with Crippen molar-refractivity contribution in [1.29, 1.82) is 0 Å². The fraction of sp³-hybridized carbons (Fsp3) is 0.400. The molecular weight excluding hydrogens is 256 g/mol. The van der Waals surface area contributed by atoms with Crippen molar-refractivity contribution in [2.75, 3.05) is 13.2 Å². The van der Waals surface area contributed by atoms with Crippen LogP contribution in [0.4, 0.5) is 0 Å². The number of benzene rings is 1. The van der Waals surface area contributed by atoms with E-state index in [0.29, 0.717) is 0 Å². The molecule has 0 spiro atoms. The van der Waals surface area contributed by atoms with Crippen molar-refractivity contribution < 1.29 is 4.74 Å². The quantitative estimate of drug-likeness (QED) is 0.930. The highest BCUT2D eigenvalue weighted by molar-refractivity contribution is 7.09. The van der Waals surface area contributed by atoms with Crippen LogP contribution in [0, 0.1) is 6.92 Å². The maximum atomic E-state index is 5.57. The van der Waals surface area contributed by atoms with Gasteiger partial charge in [-0.3, -0.25) is 0 Å². The molecule has 2 aromatic rings. The summed E-state index contributed by atoms with van der Waals surface area (Å²) >= 11 is 1.70. The minimum absolute atomic E-state index is 0.181. The van der Waals surface area contributed by atoms with E-state index in [0.717, 1.165) is 36.0 Å². The first kappa shape index (κ1) is 12.6. The zero-order valence-electron chi connectivity index (χ0n) is 11.3. The average molecular weight is 274 g/mol. The molecule has 1 unspecified atom stereocenters. The van der Waals surface area contributed by atoms with E-state index >= 15 is 0 Å². The normalized spacial score (nSPS) is 15.1. The number of thiazole rings is 1. The molecule has 0 amide bonds. The van der Waals surface area contributed by atoms with Crippen LogP contribution in [0.25, 0.3) is 0 Å². The van der Waals surface area contributed by atoms with Crippen molar-refractivity contribution in [2.45, 2.75) is 26.3 Å². The van der Waals surface area contributed by atoms with E-state index in [-0.39, 0.29) is 6.04 Å². The molecule has 0 radical (unpaired) electrons. The van der Waals surface area contributed by atoms with E-state index in [4.69, 9.17) is 4.74 Å². The van der Waals surface area contributed by atoms with E-state index in [2.05, 4.69) is 40.8 Å². The van der Waals surface area contributed by atoms with Crippen molar-refractivity contribution >= 4 is 11.3 Å². The summed E-state index contributed by atoms with van der Waals surface area (Å²) in [6, 6.07) is 6.67. The number of hydrogen-bond donors (Lipinski definition) is 1. The predicted molar refractivity (Wildman–Crippen MR) is 78.0 cm³/mol. The van der Waals surface area contributed by atoms with E-state index in [9.17, 15) is 0 Å². The SMILES string of the molecule is CCNC(c1ccc2c(c1)CCO2)c1csc(C)n1. The topological polar surface area (TPSA) is 34.1 Å². The highest BCUT2D eigenvalue weighted by atomic mass is 32.1. The number of fused-ring (bicyclic) bond motifs is 1. The minimum Gasteiger partial charge on any atom is -0.493 e. The molecular formula is C15H18N2OS. The molecule has 100 valence electrons. The van der Waals surface area contributed by atoms with Gasteiger partial charge in [-0.1, -0.05) is 19.1 Å². The second-order valence-corrected chi connectivity index (χ2v) is 5.81. The number of aryl methyl sites for hydroxylation is 1. The lowest BCUT2D eigenvalue weighted by molar-refractivity contribution is 0.357. The van der Waals surface area contributed by atoms with Gasteiger partial charge in [-0.25, -0.2) is 4.98 Å². The van der Waals surface area contributed by atoms with Crippen LogP contribution in [-0.2, 0) is 6.42 Å². The van der Waals surface area contributed by atoms with Crippen molar-refractivity contribution in [1.82, 2.24) is 10.3 Å². The molecule has 1 aromatic carbocycles. The second kappa shape index (κ2) is 5.31. The number of hydrogen-bond acceptors (Lipinski definition) is 4. The first-order valence-corrected chi connectivity index (χ1v) is 7.57. The smallest absolute Gasteiger partial charge is 0.122 e. The molecule has 0 saturated heterocycles. The molecule has 1 aliphatic heterocycles. The van der Waals surface area contributed by atoms with E-state index in [1.54, 1.807) is 11.3 Å². The zero-order chi connectivity index (χ0) is 13.2. The number of aromatic nitrogens is 1. The summed E-state index contributed by atoms with van der Waals surface area (Å²) in [6.07, 6.45) is 1.01. The van der Waals surface area contributed by atoms with Gasteiger partial charge in [-0.2, -0.15) is 0 Å². The van der Waals surface area contributed by atoms with Gasteiger partial charge in [0.15, 0.2) is 0 Å². The molecule has 1 atom stereocenters. The molecule has 4 heteroatoms. The zero-order valence-corrected chi connectivity index (χ0v) is 12.1. The number of rotatable bonds is 4. The highest BCUT2D eigenvalue weighted by Gasteiger charge is 2.19. The van der Waals surface area contributed by atoms with Gasteiger partial charge in [0.1, 0.15) is 5.75 Å². The van der Waals surface area contributed by atoms with Crippen LogP contribution in [0.15, 0.2) is 23.6 Å². The molecule has 0 aliphatic carbocycles. The third-order valence-electron chi connectivity index (χ3n) is 3.39. The summed E-state index contributed by atoms with van der Waals surface area (Å²) in [6.45, 7) is 5.91. The molecule has 0 bridgehead atoms. The van der Waals surface area contributed by atoms with Gasteiger partial charge < -0.3 is 10.1 Å².